The number of allylic oxidation sites excluding steroid dienone is 8. The van der Waals surface area contributed by atoms with Gasteiger partial charge in [0.15, 0.2) is 0 Å². The summed E-state index contributed by atoms with van der Waals surface area (Å²) in [6.07, 6.45) is 20.1. The molecule has 1 N–H and O–H groups in total. The zero-order valence-electron chi connectivity index (χ0n) is 20.7. The van der Waals surface area contributed by atoms with Crippen molar-refractivity contribution in [1.29, 1.82) is 0 Å². The lowest BCUT2D eigenvalue weighted by Crippen LogP contribution is -2.46. The van der Waals surface area contributed by atoms with Gasteiger partial charge < -0.3 is 14.7 Å². The van der Waals surface area contributed by atoms with Crippen LogP contribution in [0.3, 0.4) is 0 Å². The Labute approximate surface area is 209 Å². The topological polar surface area (TPSA) is 49.8 Å². The second kappa shape index (κ2) is 11.5. The summed E-state index contributed by atoms with van der Waals surface area (Å²) < 4.78 is 5.69. The van der Waals surface area contributed by atoms with Gasteiger partial charge in [0.05, 0.1) is 6.61 Å². The molecule has 1 aromatic rings. The maximum atomic E-state index is 13.0. The molecule has 2 bridgehead atoms. The van der Waals surface area contributed by atoms with Gasteiger partial charge in [0, 0.05) is 19.0 Å². The van der Waals surface area contributed by atoms with Crippen LogP contribution in [0.25, 0.3) is 0 Å². The minimum Gasteiger partial charge on any atom is -0.494 e. The van der Waals surface area contributed by atoms with E-state index in [4.69, 9.17) is 4.74 Å². The van der Waals surface area contributed by atoms with E-state index in [0.29, 0.717) is 12.3 Å². The summed E-state index contributed by atoms with van der Waals surface area (Å²) in [4.78, 5) is 15.5. The highest BCUT2D eigenvalue weighted by atomic mass is 16.5. The number of fused-ring (bicyclic) bond motifs is 1. The highest BCUT2D eigenvalue weighted by Crippen LogP contribution is 2.45. The molecule has 2 unspecified atom stereocenters. The van der Waals surface area contributed by atoms with E-state index in [1.807, 2.05) is 61.6 Å². The molecule has 0 saturated carbocycles. The van der Waals surface area contributed by atoms with E-state index in [1.165, 1.54) is 5.57 Å². The quantitative estimate of drug-likeness (QED) is 0.325. The van der Waals surface area contributed by atoms with Crippen LogP contribution in [0.1, 0.15) is 38.2 Å². The lowest BCUT2D eigenvalue weighted by molar-refractivity contribution is -0.144. The molecule has 3 atom stereocenters. The van der Waals surface area contributed by atoms with Gasteiger partial charge in [-0.15, -0.1) is 0 Å². The molecule has 2 heterocycles. The van der Waals surface area contributed by atoms with E-state index in [-0.39, 0.29) is 5.92 Å². The number of rotatable bonds is 10. The summed E-state index contributed by atoms with van der Waals surface area (Å²) in [5, 5.41) is 10.7. The Hall–Kier alpha value is -3.11. The summed E-state index contributed by atoms with van der Waals surface area (Å²) in [6.45, 7) is 9.67. The molecule has 0 aromatic heterocycles. The van der Waals surface area contributed by atoms with Crippen LogP contribution in [-0.4, -0.2) is 42.2 Å². The maximum Gasteiger partial charge on any atom is 0.318 e. The maximum absolute atomic E-state index is 13.0. The Morgan fingerprint density at radius 2 is 2.03 bits per heavy atom. The molecule has 3 aliphatic rings. The number of hydrogen-bond acceptors (Lipinski definition) is 3. The fourth-order valence-electron chi connectivity index (χ4n) is 5.69. The number of ether oxygens (including phenoxy) is 1. The molecule has 4 nitrogen and oxygen atoms in total. The predicted octanol–water partition coefficient (Wildman–Crippen LogP) is 6.22. The Morgan fingerprint density at radius 1 is 1.20 bits per heavy atom. The Balaban J connectivity index is 1.50. The van der Waals surface area contributed by atoms with E-state index in [1.54, 1.807) is 0 Å². The summed E-state index contributed by atoms with van der Waals surface area (Å²) in [7, 11) is 0. The third-order valence-corrected chi connectivity index (χ3v) is 7.52. The first-order valence-electron chi connectivity index (χ1n) is 12.7. The lowest BCUT2D eigenvalue weighted by Gasteiger charge is -2.37. The number of benzene rings is 1. The van der Waals surface area contributed by atoms with E-state index in [2.05, 4.69) is 35.8 Å². The molecule has 1 saturated heterocycles. The van der Waals surface area contributed by atoms with Crippen molar-refractivity contribution in [3.05, 3.63) is 108 Å². The highest BCUT2D eigenvalue weighted by Gasteiger charge is 2.51. The second-order valence-corrected chi connectivity index (χ2v) is 9.72. The fraction of sp³-hybridized carbons (Fsp3) is 0.387. The Kier molecular flexibility index (Phi) is 8.25. The first-order valence-corrected chi connectivity index (χ1v) is 12.7. The van der Waals surface area contributed by atoms with Crippen LogP contribution < -0.4 is 0 Å². The molecule has 1 aliphatic carbocycles. The summed E-state index contributed by atoms with van der Waals surface area (Å²) in [6, 6.07) is 9.71. The van der Waals surface area contributed by atoms with Gasteiger partial charge in [-0.05, 0) is 62.8 Å². The lowest BCUT2D eigenvalue weighted by atomic mass is 9.64. The summed E-state index contributed by atoms with van der Waals surface area (Å²) in [5.41, 5.74) is 1.81. The molecule has 1 fully saturated rings. The molecule has 35 heavy (non-hydrogen) atoms. The Bertz CT molecular complexity index is 1060. The summed E-state index contributed by atoms with van der Waals surface area (Å²) in [5.74, 6) is 0.603. The fourth-order valence-corrected chi connectivity index (χ4v) is 5.69. The van der Waals surface area contributed by atoms with E-state index >= 15 is 0 Å². The predicted molar refractivity (Wildman–Crippen MR) is 142 cm³/mol. The number of carboxylic acids is 1. The number of hydrogen-bond donors (Lipinski definition) is 1. The van der Waals surface area contributed by atoms with Crippen LogP contribution in [0, 0.1) is 11.8 Å². The monoisotopic (exact) mass is 471 g/mol. The molecule has 4 rings (SSSR count). The average Bonchev–Trinajstić information content (AvgIpc) is 3.28. The molecule has 4 heteroatoms. The average molecular weight is 472 g/mol. The zero-order valence-corrected chi connectivity index (χ0v) is 20.7. The van der Waals surface area contributed by atoms with Crippen molar-refractivity contribution >= 4 is 5.97 Å². The molecule has 1 aromatic carbocycles. The number of nitrogens with zero attached hydrogens (tertiary/aromatic N) is 1. The molecule has 2 aliphatic heterocycles. The zero-order chi connectivity index (χ0) is 24.7. The van der Waals surface area contributed by atoms with Gasteiger partial charge in [-0.3, -0.25) is 4.79 Å². The molecule has 184 valence electrons. The van der Waals surface area contributed by atoms with Crippen LogP contribution in [0.5, 0.6) is 0 Å². The van der Waals surface area contributed by atoms with Gasteiger partial charge in [0.2, 0.25) is 0 Å². The third kappa shape index (κ3) is 5.59. The molecule has 0 amide bonds. The number of carboxylic acid groups (broad SMARTS) is 1. The number of aliphatic carboxylic acids is 1. The van der Waals surface area contributed by atoms with Crippen molar-refractivity contribution in [1.82, 2.24) is 4.90 Å². The van der Waals surface area contributed by atoms with Crippen LogP contribution in [0.15, 0.2) is 102 Å². The van der Waals surface area contributed by atoms with Gasteiger partial charge in [-0.25, -0.2) is 0 Å². The molecular weight excluding hydrogens is 434 g/mol. The van der Waals surface area contributed by atoms with Gasteiger partial charge in [0.25, 0.3) is 0 Å². The second-order valence-electron chi connectivity index (χ2n) is 9.72. The van der Waals surface area contributed by atoms with Crippen molar-refractivity contribution in [2.24, 2.45) is 11.8 Å². The van der Waals surface area contributed by atoms with E-state index in [9.17, 15) is 9.90 Å². The van der Waals surface area contributed by atoms with Crippen LogP contribution in [-0.2, 0) is 14.9 Å². The van der Waals surface area contributed by atoms with E-state index < -0.39 is 11.4 Å². The SMILES string of the molecule is C=C(CC=C/C=C\C)C(C(=O)O)(c1ccccc1)[C@@H]1CCN(CCC2=CC3C=C(C=C2)OCC3)C1. The highest BCUT2D eigenvalue weighted by molar-refractivity contribution is 5.86. The number of carbonyl (C=O) groups is 1. The van der Waals surface area contributed by atoms with Crippen molar-refractivity contribution in [3.63, 3.8) is 0 Å². The molecule has 0 radical (unpaired) electrons. The minimum absolute atomic E-state index is 0.0276. The molecular formula is C31H37NO3. The number of likely N-dealkylation sites (tertiary alicyclic amines) is 1. The first-order chi connectivity index (χ1) is 17.0. The third-order valence-electron chi connectivity index (χ3n) is 7.52. The van der Waals surface area contributed by atoms with E-state index in [0.717, 1.165) is 62.4 Å². The smallest absolute Gasteiger partial charge is 0.318 e. The van der Waals surface area contributed by atoms with Crippen molar-refractivity contribution in [3.8, 4) is 0 Å². The Morgan fingerprint density at radius 3 is 2.80 bits per heavy atom. The normalized spacial score (nSPS) is 24.0. The summed E-state index contributed by atoms with van der Waals surface area (Å²) >= 11 is 0. The van der Waals surface area contributed by atoms with Gasteiger partial charge in [-0.2, -0.15) is 0 Å². The van der Waals surface area contributed by atoms with Crippen molar-refractivity contribution in [2.45, 2.75) is 38.0 Å². The molecule has 0 spiro atoms. The standard InChI is InChI=1S/C31H37NO3/c1-3-4-5-7-10-24(2)31(30(33)34,27-11-8-6-9-12-27)28-16-19-32(23-28)18-15-25-13-14-29-22-26(21-25)17-20-35-29/h3-9,11-14,21-22,26,28H,2,10,15-20,23H2,1H3,(H,33,34)/b4-3-,7-5?/t26?,28-,31?/m1/s1. The van der Waals surface area contributed by atoms with Crippen molar-refractivity contribution < 1.29 is 14.6 Å². The first kappa shape index (κ1) is 25.0. The largest absolute Gasteiger partial charge is 0.494 e. The van der Waals surface area contributed by atoms with Crippen LogP contribution in [0.2, 0.25) is 0 Å². The van der Waals surface area contributed by atoms with Crippen molar-refractivity contribution in [2.75, 3.05) is 26.2 Å². The van der Waals surface area contributed by atoms with Gasteiger partial charge >= 0.3 is 5.97 Å². The van der Waals surface area contributed by atoms with Gasteiger partial charge in [0.1, 0.15) is 11.2 Å². The van der Waals surface area contributed by atoms with Crippen LogP contribution >= 0.6 is 0 Å². The van der Waals surface area contributed by atoms with Crippen LogP contribution in [0.4, 0.5) is 0 Å². The minimum atomic E-state index is -1.10. The van der Waals surface area contributed by atoms with Gasteiger partial charge in [-0.1, -0.05) is 84.5 Å².